The van der Waals surface area contributed by atoms with Gasteiger partial charge in [-0.1, -0.05) is 0 Å². The van der Waals surface area contributed by atoms with E-state index in [1.807, 2.05) is 43.5 Å². The minimum absolute atomic E-state index is 0.0568. The summed E-state index contributed by atoms with van der Waals surface area (Å²) in [5, 5.41) is 5.93. The number of anilines is 1. The highest BCUT2D eigenvalue weighted by atomic mass is 32.1. The smallest absolute Gasteiger partial charge is 0.265 e. The second kappa shape index (κ2) is 4.75. The van der Waals surface area contributed by atoms with Gasteiger partial charge < -0.3 is 5.32 Å². The number of thiazole rings is 1. The van der Waals surface area contributed by atoms with Gasteiger partial charge in [0.15, 0.2) is 0 Å². The third-order valence-electron chi connectivity index (χ3n) is 2.71. The maximum Gasteiger partial charge on any atom is 0.265 e. The van der Waals surface area contributed by atoms with Gasteiger partial charge in [0.25, 0.3) is 5.91 Å². The van der Waals surface area contributed by atoms with Crippen molar-refractivity contribution in [1.29, 1.82) is 0 Å². The van der Waals surface area contributed by atoms with Crippen LogP contribution in [0.15, 0.2) is 29.6 Å². The van der Waals surface area contributed by atoms with Crippen LogP contribution < -0.4 is 5.32 Å². The van der Waals surface area contributed by atoms with Crippen molar-refractivity contribution in [3.05, 3.63) is 45.1 Å². The number of fused-ring (bicyclic) bond motifs is 1. The molecule has 0 saturated carbocycles. The first kappa shape index (κ1) is 12.3. The van der Waals surface area contributed by atoms with Crippen LogP contribution in [-0.4, -0.2) is 10.9 Å². The molecule has 1 amide bonds. The highest BCUT2D eigenvalue weighted by Crippen LogP contribution is 2.25. The summed E-state index contributed by atoms with van der Waals surface area (Å²) in [5.41, 5.74) is 2.91. The van der Waals surface area contributed by atoms with Crippen molar-refractivity contribution in [3.8, 4) is 0 Å². The number of thiophene rings is 1. The van der Waals surface area contributed by atoms with Crippen molar-refractivity contribution in [2.24, 2.45) is 0 Å². The molecule has 5 heteroatoms. The number of nitrogens with zero attached hydrogens (tertiary/aromatic N) is 1. The summed E-state index contributed by atoms with van der Waals surface area (Å²) in [4.78, 5) is 17.2. The van der Waals surface area contributed by atoms with E-state index >= 15 is 0 Å². The fourth-order valence-electron chi connectivity index (χ4n) is 1.86. The number of aromatic nitrogens is 1. The summed E-state index contributed by atoms with van der Waals surface area (Å²) >= 11 is 3.10. The Bertz CT molecular complexity index is 758. The van der Waals surface area contributed by atoms with Crippen LogP contribution in [0.1, 0.15) is 20.2 Å². The summed E-state index contributed by atoms with van der Waals surface area (Å²) < 4.78 is 1.10. The maximum absolute atomic E-state index is 12.1. The molecule has 2 aromatic heterocycles. The van der Waals surface area contributed by atoms with Gasteiger partial charge in [0, 0.05) is 5.69 Å². The molecule has 3 nitrogen and oxygen atoms in total. The van der Waals surface area contributed by atoms with Crippen molar-refractivity contribution in [3.63, 3.8) is 0 Å². The Morgan fingerprint density at radius 2 is 2.11 bits per heavy atom. The second-order valence-corrected chi connectivity index (χ2v) is 6.50. The first-order valence-corrected chi connectivity index (χ1v) is 7.55. The molecule has 0 radical (unpaired) electrons. The van der Waals surface area contributed by atoms with E-state index in [1.165, 1.54) is 11.3 Å². The molecule has 0 saturated heterocycles. The normalized spacial score (nSPS) is 10.8. The van der Waals surface area contributed by atoms with Crippen LogP contribution in [0.2, 0.25) is 0 Å². The third-order valence-corrected chi connectivity index (χ3v) is 4.69. The van der Waals surface area contributed by atoms with Crippen molar-refractivity contribution < 1.29 is 4.79 Å². The average molecular weight is 288 g/mol. The highest BCUT2D eigenvalue weighted by molar-refractivity contribution is 7.18. The van der Waals surface area contributed by atoms with E-state index in [1.54, 1.807) is 11.3 Å². The van der Waals surface area contributed by atoms with Crippen LogP contribution in [0.4, 0.5) is 5.69 Å². The molecular formula is C14H12N2OS2. The monoisotopic (exact) mass is 288 g/mol. The summed E-state index contributed by atoms with van der Waals surface area (Å²) in [6.45, 7) is 3.97. The highest BCUT2D eigenvalue weighted by Gasteiger charge is 2.09. The Hall–Kier alpha value is -1.72. The summed E-state index contributed by atoms with van der Waals surface area (Å²) in [5.74, 6) is -0.0568. The number of rotatable bonds is 2. The molecule has 19 heavy (non-hydrogen) atoms. The molecule has 3 rings (SSSR count). The molecule has 3 aromatic rings. The zero-order valence-corrected chi connectivity index (χ0v) is 12.2. The zero-order valence-electron chi connectivity index (χ0n) is 10.6. The minimum Gasteiger partial charge on any atom is -0.321 e. The number of hydrogen-bond donors (Lipinski definition) is 1. The van der Waals surface area contributed by atoms with Crippen molar-refractivity contribution in [2.75, 3.05) is 5.32 Å². The van der Waals surface area contributed by atoms with Gasteiger partial charge >= 0.3 is 0 Å². The van der Waals surface area contributed by atoms with Gasteiger partial charge in [0.1, 0.15) is 0 Å². The minimum atomic E-state index is -0.0568. The van der Waals surface area contributed by atoms with E-state index in [9.17, 15) is 4.79 Å². The van der Waals surface area contributed by atoms with Gasteiger partial charge in [0.2, 0.25) is 0 Å². The predicted octanol–water partition coefficient (Wildman–Crippen LogP) is 4.23. The van der Waals surface area contributed by atoms with E-state index in [0.717, 1.165) is 31.4 Å². The lowest BCUT2D eigenvalue weighted by atomic mass is 10.3. The van der Waals surface area contributed by atoms with Crippen LogP contribution in [0.5, 0.6) is 0 Å². The van der Waals surface area contributed by atoms with Crippen LogP contribution in [0.25, 0.3) is 10.2 Å². The van der Waals surface area contributed by atoms with Gasteiger partial charge in [-0.2, -0.15) is 0 Å². The standard InChI is InChI=1S/C14H12N2OS2/c1-8-5-13(18-7-8)14(17)16-10-3-4-11-12(6-10)19-9(2)15-11/h3-7H,1-2H3,(H,16,17). The van der Waals surface area contributed by atoms with Gasteiger partial charge in [-0.3, -0.25) is 4.79 Å². The third kappa shape index (κ3) is 2.52. The van der Waals surface area contributed by atoms with Crippen LogP contribution in [0.3, 0.4) is 0 Å². The maximum atomic E-state index is 12.1. The van der Waals surface area contributed by atoms with Gasteiger partial charge in [-0.05, 0) is 49.1 Å². The molecular weight excluding hydrogens is 276 g/mol. The van der Waals surface area contributed by atoms with Crippen molar-refractivity contribution in [2.45, 2.75) is 13.8 Å². The molecule has 1 aromatic carbocycles. The van der Waals surface area contributed by atoms with E-state index in [0.29, 0.717) is 0 Å². The number of carbonyl (C=O) groups excluding carboxylic acids is 1. The predicted molar refractivity (Wildman–Crippen MR) is 81.4 cm³/mol. The fourth-order valence-corrected chi connectivity index (χ4v) is 3.52. The summed E-state index contributed by atoms with van der Waals surface area (Å²) in [6, 6.07) is 7.70. The molecule has 0 fully saturated rings. The Kier molecular flexibility index (Phi) is 3.08. The summed E-state index contributed by atoms with van der Waals surface area (Å²) in [6.07, 6.45) is 0. The quantitative estimate of drug-likeness (QED) is 0.767. The molecule has 0 bridgehead atoms. The van der Waals surface area contributed by atoms with E-state index in [4.69, 9.17) is 0 Å². The van der Waals surface area contributed by atoms with Crippen LogP contribution in [0, 0.1) is 13.8 Å². The number of hydrogen-bond acceptors (Lipinski definition) is 4. The molecule has 96 valence electrons. The fraction of sp³-hybridized carbons (Fsp3) is 0.143. The largest absolute Gasteiger partial charge is 0.321 e. The molecule has 2 heterocycles. The molecule has 0 aliphatic rings. The number of amides is 1. The molecule has 0 atom stereocenters. The van der Waals surface area contributed by atoms with Gasteiger partial charge in [0.05, 0.1) is 20.1 Å². The molecule has 0 unspecified atom stereocenters. The van der Waals surface area contributed by atoms with Crippen LogP contribution in [-0.2, 0) is 0 Å². The molecule has 0 aliphatic heterocycles. The zero-order chi connectivity index (χ0) is 13.4. The number of nitrogens with one attached hydrogen (secondary N) is 1. The van der Waals surface area contributed by atoms with E-state index in [2.05, 4.69) is 10.3 Å². The van der Waals surface area contributed by atoms with E-state index in [-0.39, 0.29) is 5.91 Å². The van der Waals surface area contributed by atoms with Crippen LogP contribution >= 0.6 is 22.7 Å². The molecule has 0 aliphatic carbocycles. The van der Waals surface area contributed by atoms with Gasteiger partial charge in [-0.15, -0.1) is 22.7 Å². The SMILES string of the molecule is Cc1csc(C(=O)Nc2ccc3nc(C)sc3c2)c1. The Morgan fingerprint density at radius 3 is 2.84 bits per heavy atom. The molecule has 1 N–H and O–H groups in total. The Labute approximate surface area is 118 Å². The van der Waals surface area contributed by atoms with Crippen molar-refractivity contribution in [1.82, 2.24) is 4.98 Å². The number of benzene rings is 1. The van der Waals surface area contributed by atoms with Crippen molar-refractivity contribution >= 4 is 44.5 Å². The first-order chi connectivity index (χ1) is 9.11. The first-order valence-electron chi connectivity index (χ1n) is 5.85. The Morgan fingerprint density at radius 1 is 1.26 bits per heavy atom. The molecule has 0 spiro atoms. The number of aryl methyl sites for hydroxylation is 2. The Balaban J connectivity index is 1.86. The average Bonchev–Trinajstić information content (AvgIpc) is 2.93. The lowest BCUT2D eigenvalue weighted by molar-refractivity contribution is 0.103. The second-order valence-electron chi connectivity index (χ2n) is 4.36. The van der Waals surface area contributed by atoms with Gasteiger partial charge in [-0.25, -0.2) is 4.98 Å². The topological polar surface area (TPSA) is 42.0 Å². The lowest BCUT2D eigenvalue weighted by Gasteiger charge is -2.02. The lowest BCUT2D eigenvalue weighted by Crippen LogP contribution is -2.09. The van der Waals surface area contributed by atoms with E-state index < -0.39 is 0 Å². The number of carbonyl (C=O) groups is 1. The summed E-state index contributed by atoms with van der Waals surface area (Å²) in [7, 11) is 0.